The van der Waals surface area contributed by atoms with E-state index in [0.29, 0.717) is 79.0 Å². The molecule has 1 fully saturated rings. The molecule has 0 amide bonds. The van der Waals surface area contributed by atoms with Crippen molar-refractivity contribution in [3.63, 3.8) is 0 Å². The average Bonchev–Trinajstić information content (AvgIpc) is 3.70. The maximum atomic E-state index is 14.3. The first-order chi connectivity index (χ1) is 31.5. The van der Waals surface area contributed by atoms with Gasteiger partial charge in [-0.25, -0.2) is 29.1 Å². The number of aromatic nitrogens is 4. The molecule has 0 spiro atoms. The van der Waals surface area contributed by atoms with E-state index in [1.54, 1.807) is 49.7 Å². The number of methoxy groups -OCH3 is 1. The number of piperazine rings is 1. The smallest absolute Gasteiger partial charge is 0.345 e. The third kappa shape index (κ3) is 9.41. The standard InChI is InChI=1S/C49H46ClFN6O7S/c1-28-23-57(20-19-56(28)3)24-35-26-61-34-13-15-38(62-25-33-17-18-52-46(55-33)37-7-5-6-8-39(37)60-4)31(21-34)22-41(49(58)59)64-47-43-42(36-14-16-40(63-35)44(50)29(36)2)45(65-48(43)54-27-53-47)30-9-11-32(51)12-10-30/h5-18,21,27-28,35,41H,19-20,22-26H2,1-4H3,(H,58,59)/t28-,35+,41+/m0/s1. The number of benzene rings is 4. The number of carboxylic acid groups (broad SMARTS) is 1. The van der Waals surface area contributed by atoms with Gasteiger partial charge in [-0.3, -0.25) is 4.90 Å². The first-order valence-electron chi connectivity index (χ1n) is 21.2. The van der Waals surface area contributed by atoms with Crippen LogP contribution in [0.2, 0.25) is 5.02 Å². The van der Waals surface area contributed by atoms with Gasteiger partial charge in [0.15, 0.2) is 5.82 Å². The monoisotopic (exact) mass is 916 g/mol. The highest BCUT2D eigenvalue weighted by molar-refractivity contribution is 7.22. The summed E-state index contributed by atoms with van der Waals surface area (Å²) >= 11 is 8.61. The lowest BCUT2D eigenvalue weighted by Crippen LogP contribution is -2.53. The summed E-state index contributed by atoms with van der Waals surface area (Å²) in [4.78, 5) is 37.6. The van der Waals surface area contributed by atoms with Gasteiger partial charge in [0.25, 0.3) is 0 Å². The fourth-order valence-corrected chi connectivity index (χ4v) is 9.56. The van der Waals surface area contributed by atoms with Crippen molar-refractivity contribution in [3.8, 4) is 61.8 Å². The Morgan fingerprint density at radius 2 is 1.82 bits per heavy atom. The molecule has 0 radical (unpaired) electrons. The van der Waals surface area contributed by atoms with Crippen LogP contribution in [0.1, 0.15) is 23.7 Å². The normalized spacial score (nSPS) is 18.0. The van der Waals surface area contributed by atoms with Crippen LogP contribution in [0.3, 0.4) is 0 Å². The number of carbonyl (C=O) groups is 1. The maximum Gasteiger partial charge on any atom is 0.345 e. The predicted octanol–water partition coefficient (Wildman–Crippen LogP) is 9.02. The molecule has 13 nitrogen and oxygen atoms in total. The topological polar surface area (TPSA) is 141 Å². The first-order valence-corrected chi connectivity index (χ1v) is 22.4. The number of ether oxygens (including phenoxy) is 5. The number of thiophene rings is 1. The molecule has 1 N–H and O–H groups in total. The molecule has 3 atom stereocenters. The molecule has 334 valence electrons. The molecule has 65 heavy (non-hydrogen) atoms. The molecule has 7 aromatic rings. The summed E-state index contributed by atoms with van der Waals surface area (Å²) in [5.41, 5.74) is 4.66. The molecule has 4 aromatic carbocycles. The van der Waals surface area contributed by atoms with Gasteiger partial charge in [-0.05, 0) is 92.2 Å². The van der Waals surface area contributed by atoms with E-state index < -0.39 is 18.2 Å². The Hall–Kier alpha value is -6.39. The highest BCUT2D eigenvalue weighted by atomic mass is 35.5. The molecular weight excluding hydrogens is 871 g/mol. The van der Waals surface area contributed by atoms with Crippen LogP contribution in [0.15, 0.2) is 97.5 Å². The second-order valence-corrected chi connectivity index (χ2v) is 17.5. The molecule has 6 heterocycles. The number of rotatable bonds is 9. The summed E-state index contributed by atoms with van der Waals surface area (Å²) < 4.78 is 46.0. The number of carboxylic acids is 1. The van der Waals surface area contributed by atoms with E-state index in [1.807, 2.05) is 43.3 Å². The lowest BCUT2D eigenvalue weighted by molar-refractivity contribution is -0.145. The number of hydrogen-bond donors (Lipinski definition) is 1. The van der Waals surface area contributed by atoms with Gasteiger partial charge in [-0.15, -0.1) is 11.3 Å². The SMILES string of the molecule is COc1ccccc1-c1nccc(COc2ccc3cc2C[C@H](C(=O)O)Oc2ncnc4sc(-c5ccc(F)cc5)c(c24)-c2ccc(c(Cl)c2C)O[C@H](CN2CCN(C)[C@@H](C)C2)CO3)n1. The second-order valence-electron chi connectivity index (χ2n) is 16.1. The van der Waals surface area contributed by atoms with Crippen LogP contribution in [0.25, 0.3) is 43.2 Å². The van der Waals surface area contributed by atoms with Gasteiger partial charge in [0, 0.05) is 60.8 Å². The molecule has 0 aliphatic carbocycles. The number of likely N-dealkylation sites (N-methyl/N-ethyl adjacent to an activating group) is 1. The van der Waals surface area contributed by atoms with Crippen LogP contribution in [0.4, 0.5) is 4.39 Å². The van der Waals surface area contributed by atoms with Crippen molar-refractivity contribution in [1.29, 1.82) is 0 Å². The molecule has 0 saturated carbocycles. The van der Waals surface area contributed by atoms with Crippen molar-refractivity contribution < 1.29 is 38.0 Å². The van der Waals surface area contributed by atoms with Crippen molar-refractivity contribution in [2.75, 3.05) is 46.9 Å². The van der Waals surface area contributed by atoms with Crippen molar-refractivity contribution in [2.45, 2.75) is 45.1 Å². The maximum absolute atomic E-state index is 14.3. The van der Waals surface area contributed by atoms with Crippen LogP contribution in [-0.4, -0.2) is 106 Å². The van der Waals surface area contributed by atoms with E-state index >= 15 is 0 Å². The second kappa shape index (κ2) is 19.0. The van der Waals surface area contributed by atoms with Gasteiger partial charge in [0.05, 0.1) is 28.8 Å². The van der Waals surface area contributed by atoms with Gasteiger partial charge in [-0.2, -0.15) is 0 Å². The van der Waals surface area contributed by atoms with Crippen molar-refractivity contribution >= 4 is 39.1 Å². The molecule has 10 rings (SSSR count). The Morgan fingerprint density at radius 3 is 2.62 bits per heavy atom. The third-order valence-electron chi connectivity index (χ3n) is 11.8. The number of halogens is 2. The Labute approximate surface area is 384 Å². The Bertz CT molecular complexity index is 2870. The van der Waals surface area contributed by atoms with Crippen LogP contribution in [0.5, 0.6) is 28.9 Å². The minimum absolute atomic E-state index is 0.0458. The quantitative estimate of drug-likeness (QED) is 0.147. The lowest BCUT2D eigenvalue weighted by Gasteiger charge is -2.39. The van der Waals surface area contributed by atoms with Gasteiger partial charge >= 0.3 is 5.97 Å². The summed E-state index contributed by atoms with van der Waals surface area (Å²) in [6.07, 6.45) is 0.970. The predicted molar refractivity (Wildman–Crippen MR) is 247 cm³/mol. The van der Waals surface area contributed by atoms with Crippen molar-refractivity contribution in [1.82, 2.24) is 29.7 Å². The molecule has 3 aliphatic heterocycles. The number of hydrogen-bond acceptors (Lipinski definition) is 13. The van der Waals surface area contributed by atoms with Crippen LogP contribution >= 0.6 is 22.9 Å². The van der Waals surface area contributed by atoms with Crippen LogP contribution in [-0.2, 0) is 17.8 Å². The first kappa shape index (κ1) is 43.8. The van der Waals surface area contributed by atoms with Gasteiger partial charge in [-0.1, -0.05) is 41.9 Å². The van der Waals surface area contributed by atoms with Gasteiger partial charge < -0.3 is 33.7 Å². The number of fused-ring (bicyclic) bond motifs is 7. The average molecular weight is 917 g/mol. The highest BCUT2D eigenvalue weighted by Crippen LogP contribution is 2.50. The van der Waals surface area contributed by atoms with E-state index in [4.69, 9.17) is 40.3 Å². The molecule has 3 aliphatic rings. The number of aliphatic carboxylic acids is 1. The largest absolute Gasteiger partial charge is 0.496 e. The summed E-state index contributed by atoms with van der Waals surface area (Å²) in [5, 5.41) is 11.7. The highest BCUT2D eigenvalue weighted by Gasteiger charge is 2.30. The van der Waals surface area contributed by atoms with E-state index in [-0.39, 0.29) is 31.3 Å². The summed E-state index contributed by atoms with van der Waals surface area (Å²) in [6.45, 7) is 7.50. The van der Waals surface area contributed by atoms with Crippen LogP contribution in [0, 0.1) is 12.7 Å². The van der Waals surface area contributed by atoms with Crippen molar-refractivity contribution in [3.05, 3.63) is 125 Å². The molecule has 4 bridgehead atoms. The van der Waals surface area contributed by atoms with E-state index in [0.717, 1.165) is 41.2 Å². The summed E-state index contributed by atoms with van der Waals surface area (Å²) in [5.74, 6) is 0.927. The Morgan fingerprint density at radius 1 is 0.985 bits per heavy atom. The molecule has 0 unspecified atom stereocenters. The van der Waals surface area contributed by atoms with Crippen LogP contribution < -0.4 is 23.7 Å². The molecular formula is C49H46ClFN6O7S. The Kier molecular flexibility index (Phi) is 12.8. The third-order valence-corrected chi connectivity index (χ3v) is 13.4. The zero-order chi connectivity index (χ0) is 45.2. The molecule has 3 aromatic heterocycles. The zero-order valence-corrected chi connectivity index (χ0v) is 37.7. The zero-order valence-electron chi connectivity index (χ0n) is 36.2. The fraction of sp³-hybridized carbons (Fsp3) is 0.286. The molecule has 16 heteroatoms. The summed E-state index contributed by atoms with van der Waals surface area (Å²) in [7, 11) is 3.72. The minimum atomic E-state index is -1.44. The Balaban J connectivity index is 1.14. The minimum Gasteiger partial charge on any atom is -0.496 e. The van der Waals surface area contributed by atoms with Crippen molar-refractivity contribution in [2.24, 2.45) is 0 Å². The van der Waals surface area contributed by atoms with E-state index in [1.165, 1.54) is 29.8 Å². The van der Waals surface area contributed by atoms with Gasteiger partial charge in [0.1, 0.15) is 59.3 Å². The van der Waals surface area contributed by atoms with E-state index in [2.05, 4.69) is 38.7 Å². The lowest BCUT2D eigenvalue weighted by atomic mass is 9.96. The van der Waals surface area contributed by atoms with E-state index in [9.17, 15) is 14.3 Å². The summed E-state index contributed by atoms with van der Waals surface area (Å²) in [6, 6.07) is 24.8. The molecule has 1 saturated heterocycles. The fourth-order valence-electron chi connectivity index (χ4n) is 8.20. The number of nitrogens with zero attached hydrogens (tertiary/aromatic N) is 6. The van der Waals surface area contributed by atoms with Gasteiger partial charge in [0.2, 0.25) is 12.0 Å². The number of para-hydroxylation sites is 1.